The van der Waals surface area contributed by atoms with Crippen molar-refractivity contribution in [2.45, 2.75) is 6.92 Å². The first-order valence-electron chi connectivity index (χ1n) is 47.7. The van der Waals surface area contributed by atoms with Gasteiger partial charge in [0.2, 0.25) is 0 Å². The van der Waals surface area contributed by atoms with Gasteiger partial charge in [0.15, 0.2) is 0 Å². The Morgan fingerprint density at radius 3 is 1.02 bits per heavy atom. The second-order valence-corrected chi connectivity index (χ2v) is 36.2. The number of nitrogens with zero attached hydrogens (tertiary/aromatic N) is 11. The third-order valence-corrected chi connectivity index (χ3v) is 27.2. The largest absolute Gasteiger partial charge is 2.00 e. The molecule has 18 aromatic carbocycles. The first-order valence-corrected chi connectivity index (χ1v) is 49.4. The van der Waals surface area contributed by atoms with Crippen LogP contribution < -0.4 is 9.64 Å². The number of fused-ring (bicyclic) bond motifs is 6. The van der Waals surface area contributed by atoms with Crippen LogP contribution in [0.1, 0.15) is 5.56 Å². The Morgan fingerprint density at radius 2 is 0.608 bits per heavy atom. The van der Waals surface area contributed by atoms with Crippen LogP contribution in [0.15, 0.2) is 523 Å². The minimum atomic E-state index is 0. The number of rotatable bonds is 19. The minimum Gasteiger partial charge on any atom is -0.497 e. The zero-order chi connectivity index (χ0) is 97.2. The van der Waals surface area contributed by atoms with E-state index in [0.29, 0.717) is 11.5 Å². The van der Waals surface area contributed by atoms with Crippen molar-refractivity contribution in [1.29, 1.82) is 0 Å². The van der Waals surface area contributed by atoms with Crippen molar-refractivity contribution < 1.29 is 67.0 Å². The van der Waals surface area contributed by atoms with Crippen LogP contribution in [0.5, 0.6) is 11.5 Å². The summed E-state index contributed by atoms with van der Waals surface area (Å²) >= 11 is 3.78. The SMILES string of the molecule is Cc1cc(-c2[c-]cccc2)ncc1-c1ccccc1.[Ir].[Pt+2].[Pt+2].[c-]1c(-c2nccn2-c2ccccc2)cccc1N(c1[c-]c(-c2nccn2-c2ccccc2)ccc1)c1ccccc1.[c-]1c(Oc2[c-]c(-c3nccn3-c3ccccc3)ccc2)cccc1-c1nccn1-c1ccccc1.[c-]1ccccc1-c1ccccn1.c1cc(-c2cccc(-c3cccc4c3sc3ccccc34)c2)cc(-c2cccc3c2sc2ccccc23)c1. The number of hydrogen-bond donors (Lipinski definition) is 0. The maximum Gasteiger partial charge on any atom is 2.00 e. The number of pyridine rings is 2. The number of imidazole rings is 4. The van der Waals surface area contributed by atoms with Gasteiger partial charge in [0.05, 0.1) is 23.3 Å². The van der Waals surface area contributed by atoms with E-state index >= 15 is 0 Å². The number of anilines is 3. The standard InChI is InChI=1S/C36H25N5.C36H22S2.C30H20N4O.C18H14N.C11H8N.Ir.2Pt/c1-4-14-30(15-5-1)39-24-22-37-35(39)28-12-10-20-33(26-28)41(32-18-8-3-9-19-32)34-21-11-13-29(27-34)36-38-23-25-40(36)31-16-6-2-7-17-31;1-3-19-33-29(13-1)31-17-7-15-27(35(31)37-33)25-11-5-9-23(21-25)24-10-6-12-26(22-24)28-16-8-18-32-30-14-2-4-20-34(30)38-36(28)32;1-3-11-25(12-4-1)33-19-17-31-29(33)23-9-7-15-27(21-23)35-28-16-8-10-24(22-28)30-32-18-20-34(30)26-13-5-2-6-14-26;1-14-12-18(16-10-6-3-7-11-16)19-13-17(14)15-8-4-2-5-9-15;1-2-6-10(7-3-1)11-8-4-5-9-12-11;;;/h1-25H;1-22H;1-20H;2-10,12-13H,1H3;1-6,8-9H;;;/q-2;;-2;2*-1;;2*+2. The molecule has 26 rings (SSSR count). The van der Waals surface area contributed by atoms with Gasteiger partial charge in [-0.15, -0.1) is 202 Å². The monoisotopic (exact) mass is 2480 g/mol. The molecule has 0 saturated carbocycles. The Hall–Kier alpha value is -16.8. The van der Waals surface area contributed by atoms with Gasteiger partial charge in [-0.2, -0.15) is 0 Å². The summed E-state index contributed by atoms with van der Waals surface area (Å²) in [6.45, 7) is 2.12. The van der Waals surface area contributed by atoms with Crippen molar-refractivity contribution in [1.82, 2.24) is 48.2 Å². The Balaban J connectivity index is 0.000000121. The van der Waals surface area contributed by atoms with Gasteiger partial charge in [0.25, 0.3) is 0 Å². The van der Waals surface area contributed by atoms with Gasteiger partial charge in [-0.3, -0.25) is 19.9 Å². The van der Waals surface area contributed by atoms with E-state index in [2.05, 4.69) is 287 Å². The van der Waals surface area contributed by atoms with E-state index in [0.717, 1.165) is 108 Å². The minimum absolute atomic E-state index is 0. The Morgan fingerprint density at radius 1 is 0.264 bits per heavy atom. The van der Waals surface area contributed by atoms with E-state index in [1.807, 2.05) is 336 Å². The summed E-state index contributed by atoms with van der Waals surface area (Å²) in [5.41, 5.74) is 25.7. The summed E-state index contributed by atoms with van der Waals surface area (Å²) in [4.78, 5) is 29.4. The second-order valence-electron chi connectivity index (χ2n) is 34.1. The van der Waals surface area contributed by atoms with Crippen LogP contribution in [0.3, 0.4) is 0 Å². The third kappa shape index (κ3) is 22.6. The molecule has 8 heterocycles. The average molecular weight is 2480 g/mol. The molecule has 17 heteroatoms. The molecule has 26 aromatic rings. The predicted octanol–water partition coefficient (Wildman–Crippen LogP) is 33.7. The summed E-state index contributed by atoms with van der Waals surface area (Å²) in [5.74, 6) is 4.42. The van der Waals surface area contributed by atoms with Gasteiger partial charge in [-0.05, 0) is 165 Å². The molecule has 1 radical (unpaired) electrons. The fraction of sp³-hybridized carbons (Fsp3) is 0.00763. The Kier molecular flexibility index (Phi) is 32.3. The van der Waals surface area contributed by atoms with Crippen molar-refractivity contribution in [3.8, 4) is 147 Å². The van der Waals surface area contributed by atoms with Crippen LogP contribution in [0, 0.1) is 43.3 Å². The smallest absolute Gasteiger partial charge is 0.497 e. The zero-order valence-electron chi connectivity index (χ0n) is 79.8. The summed E-state index contributed by atoms with van der Waals surface area (Å²) in [6, 6.07) is 178. The van der Waals surface area contributed by atoms with Crippen LogP contribution in [0.2, 0.25) is 0 Å². The first kappa shape index (κ1) is 99.9. The van der Waals surface area contributed by atoms with Gasteiger partial charge < -0.3 is 37.9 Å². The molecule has 0 aliphatic carbocycles. The van der Waals surface area contributed by atoms with Crippen molar-refractivity contribution in [2.75, 3.05) is 4.90 Å². The molecule has 0 amide bonds. The van der Waals surface area contributed by atoms with Crippen LogP contribution in [-0.4, -0.2) is 48.2 Å². The average Bonchev–Trinajstić information content (AvgIpc) is 1.62. The number of thiophene rings is 2. The first-order chi connectivity index (χ1) is 71.8. The number of aromatic nitrogens is 10. The maximum atomic E-state index is 6.16. The van der Waals surface area contributed by atoms with Crippen molar-refractivity contribution in [2.24, 2.45) is 0 Å². The van der Waals surface area contributed by atoms with Gasteiger partial charge in [-0.1, -0.05) is 261 Å². The molecule has 0 aliphatic rings. The molecule has 0 N–H and O–H groups in total. The van der Waals surface area contributed by atoms with E-state index in [4.69, 9.17) is 4.74 Å². The van der Waals surface area contributed by atoms with Gasteiger partial charge in [0.1, 0.15) is 0 Å². The Bertz CT molecular complexity index is 8450. The summed E-state index contributed by atoms with van der Waals surface area (Å²) in [7, 11) is 0. The van der Waals surface area contributed by atoms with E-state index < -0.39 is 0 Å². The quantitative estimate of drug-likeness (QED) is 0.0737. The fourth-order valence-electron chi connectivity index (χ4n) is 17.9. The predicted molar refractivity (Wildman–Crippen MR) is 595 cm³/mol. The molecular weight excluding hydrogens is 2390 g/mol. The normalized spacial score (nSPS) is 10.7. The number of hydrogen-bond acceptors (Lipinski definition) is 10. The van der Waals surface area contributed by atoms with Crippen LogP contribution in [-0.2, 0) is 62.2 Å². The van der Waals surface area contributed by atoms with E-state index in [-0.39, 0.29) is 62.2 Å². The van der Waals surface area contributed by atoms with Crippen LogP contribution in [0.25, 0.3) is 176 Å². The topological polar surface area (TPSA) is 110 Å². The zero-order valence-corrected chi connectivity index (χ0v) is 88.3. The van der Waals surface area contributed by atoms with E-state index in [1.54, 1.807) is 18.6 Å². The van der Waals surface area contributed by atoms with Gasteiger partial charge >= 0.3 is 42.1 Å². The molecule has 148 heavy (non-hydrogen) atoms. The number of para-hydroxylation sites is 5. The summed E-state index contributed by atoms with van der Waals surface area (Å²) < 4.78 is 19.8. The van der Waals surface area contributed by atoms with E-state index in [9.17, 15) is 0 Å². The maximum absolute atomic E-state index is 6.16. The molecule has 0 atom stereocenters. The molecule has 0 spiro atoms. The molecule has 717 valence electrons. The fourth-order valence-corrected chi connectivity index (χ4v) is 20.4. The summed E-state index contributed by atoms with van der Waals surface area (Å²) in [5, 5.41) is 5.36. The van der Waals surface area contributed by atoms with Crippen LogP contribution in [0.4, 0.5) is 17.1 Å². The van der Waals surface area contributed by atoms with Gasteiger partial charge in [0, 0.05) is 168 Å². The molecule has 0 unspecified atom stereocenters. The molecule has 0 saturated heterocycles. The number of ether oxygens (including phenoxy) is 1. The molecule has 0 bridgehead atoms. The van der Waals surface area contributed by atoms with Crippen LogP contribution >= 0.6 is 22.7 Å². The Labute approximate surface area is 910 Å². The molecule has 0 aliphatic heterocycles. The van der Waals surface area contributed by atoms with Crippen molar-refractivity contribution in [3.05, 3.63) is 565 Å². The second kappa shape index (κ2) is 47.8. The molecule has 12 nitrogen and oxygen atoms in total. The molecular formula is C131H89IrN11OPt2S2-2. The molecule has 0 fully saturated rings. The number of aryl methyl sites for hydroxylation is 1. The molecule has 8 aromatic heterocycles. The van der Waals surface area contributed by atoms with Crippen molar-refractivity contribution in [3.63, 3.8) is 0 Å². The van der Waals surface area contributed by atoms with Crippen molar-refractivity contribution >= 4 is 80.1 Å². The summed E-state index contributed by atoms with van der Waals surface area (Å²) in [6.07, 6.45) is 18.8. The van der Waals surface area contributed by atoms with Gasteiger partial charge in [-0.25, -0.2) is 0 Å². The number of benzene rings is 18. The third-order valence-electron chi connectivity index (χ3n) is 24.8. The van der Waals surface area contributed by atoms with E-state index in [1.165, 1.54) is 90.4 Å².